The predicted octanol–water partition coefficient (Wildman–Crippen LogP) is 2.82. The van der Waals surface area contributed by atoms with Crippen molar-refractivity contribution in [1.82, 2.24) is 5.32 Å². The van der Waals surface area contributed by atoms with Gasteiger partial charge in [0.2, 0.25) is 0 Å². The van der Waals surface area contributed by atoms with Crippen LogP contribution < -0.4 is 5.32 Å². The molecular weight excluding hydrogens is 317 g/mol. The van der Waals surface area contributed by atoms with Gasteiger partial charge in [0.1, 0.15) is 11.9 Å². The molecule has 0 bridgehead atoms. The van der Waals surface area contributed by atoms with E-state index in [0.29, 0.717) is 6.42 Å². The second kappa shape index (κ2) is 6.65. The summed E-state index contributed by atoms with van der Waals surface area (Å²) < 4.78 is 13.9. The van der Waals surface area contributed by atoms with E-state index < -0.39 is 23.7 Å². The highest BCUT2D eigenvalue weighted by molar-refractivity contribution is 9.10. The van der Waals surface area contributed by atoms with Gasteiger partial charge in [-0.3, -0.25) is 4.79 Å². The largest absolute Gasteiger partial charge is 0.480 e. The molecule has 1 rings (SSSR count). The van der Waals surface area contributed by atoms with E-state index in [1.807, 2.05) is 6.92 Å². The van der Waals surface area contributed by atoms with Crippen LogP contribution in [0.15, 0.2) is 22.7 Å². The quantitative estimate of drug-likeness (QED) is 0.871. The molecule has 2 N–H and O–H groups in total. The Morgan fingerprint density at radius 2 is 2.11 bits per heavy atom. The zero-order valence-electron chi connectivity index (χ0n) is 10.6. The topological polar surface area (TPSA) is 66.4 Å². The predicted molar refractivity (Wildman–Crippen MR) is 72.4 cm³/mol. The number of rotatable bonds is 5. The van der Waals surface area contributed by atoms with Crippen LogP contribution in [-0.2, 0) is 4.79 Å². The Balaban J connectivity index is 2.94. The molecule has 0 fully saturated rings. The van der Waals surface area contributed by atoms with E-state index in [1.165, 1.54) is 18.2 Å². The maximum absolute atomic E-state index is 13.7. The van der Waals surface area contributed by atoms with E-state index in [2.05, 4.69) is 21.2 Å². The summed E-state index contributed by atoms with van der Waals surface area (Å²) >= 11 is 2.98. The maximum atomic E-state index is 13.7. The molecule has 4 nitrogen and oxygen atoms in total. The molecule has 0 unspecified atom stereocenters. The van der Waals surface area contributed by atoms with Crippen molar-refractivity contribution in [1.29, 1.82) is 0 Å². The van der Waals surface area contributed by atoms with Crippen molar-refractivity contribution in [2.24, 2.45) is 5.92 Å². The molecule has 0 spiro atoms. The number of benzene rings is 1. The van der Waals surface area contributed by atoms with Gasteiger partial charge in [-0.2, -0.15) is 0 Å². The average Bonchev–Trinajstić information content (AvgIpc) is 2.37. The fourth-order valence-corrected chi connectivity index (χ4v) is 1.95. The summed E-state index contributed by atoms with van der Waals surface area (Å²) in [5.41, 5.74) is -0.177. The Bertz CT molecular complexity index is 493. The first-order valence-corrected chi connectivity index (χ1v) is 6.65. The number of carbonyl (C=O) groups is 2. The summed E-state index contributed by atoms with van der Waals surface area (Å²) in [5.74, 6) is -2.80. The molecule has 2 atom stereocenters. The molecule has 6 heteroatoms. The van der Waals surface area contributed by atoms with Crippen LogP contribution in [0.5, 0.6) is 0 Å². The fourth-order valence-electron chi connectivity index (χ4n) is 1.58. The minimum absolute atomic E-state index is 0.163. The average molecular weight is 332 g/mol. The van der Waals surface area contributed by atoms with Crippen molar-refractivity contribution in [2.45, 2.75) is 26.3 Å². The summed E-state index contributed by atoms with van der Waals surface area (Å²) in [5, 5.41) is 11.4. The summed E-state index contributed by atoms with van der Waals surface area (Å²) in [4.78, 5) is 23.0. The highest BCUT2D eigenvalue weighted by atomic mass is 79.9. The summed E-state index contributed by atoms with van der Waals surface area (Å²) in [6.45, 7) is 3.54. The smallest absolute Gasteiger partial charge is 0.326 e. The second-order valence-corrected chi connectivity index (χ2v) is 5.13. The van der Waals surface area contributed by atoms with Gasteiger partial charge in [0, 0.05) is 0 Å². The third-order valence-corrected chi connectivity index (χ3v) is 3.57. The molecule has 1 amide bonds. The van der Waals surface area contributed by atoms with Crippen molar-refractivity contribution in [3.8, 4) is 0 Å². The van der Waals surface area contributed by atoms with Gasteiger partial charge in [0.15, 0.2) is 0 Å². The zero-order chi connectivity index (χ0) is 14.6. The van der Waals surface area contributed by atoms with Crippen LogP contribution in [0.4, 0.5) is 4.39 Å². The third-order valence-electron chi connectivity index (χ3n) is 2.96. The van der Waals surface area contributed by atoms with Crippen molar-refractivity contribution in [3.63, 3.8) is 0 Å². The molecular formula is C13H15BrFNO3. The van der Waals surface area contributed by atoms with Gasteiger partial charge in [-0.1, -0.05) is 26.3 Å². The SMILES string of the molecule is CC[C@H](C)[C@H](NC(=O)c1cccc(Br)c1F)C(=O)O. The molecule has 0 radical (unpaired) electrons. The highest BCUT2D eigenvalue weighted by Crippen LogP contribution is 2.19. The summed E-state index contributed by atoms with van der Waals surface area (Å²) in [6, 6.07) is 3.26. The maximum Gasteiger partial charge on any atom is 0.326 e. The summed E-state index contributed by atoms with van der Waals surface area (Å²) in [7, 11) is 0. The van der Waals surface area contributed by atoms with Gasteiger partial charge in [0.05, 0.1) is 10.0 Å². The monoisotopic (exact) mass is 331 g/mol. The van der Waals surface area contributed by atoms with Gasteiger partial charge in [-0.25, -0.2) is 9.18 Å². The second-order valence-electron chi connectivity index (χ2n) is 4.28. The first-order chi connectivity index (χ1) is 8.88. The van der Waals surface area contributed by atoms with Gasteiger partial charge in [-0.15, -0.1) is 0 Å². The van der Waals surface area contributed by atoms with E-state index in [1.54, 1.807) is 6.92 Å². The molecule has 1 aromatic rings. The Kier molecular flexibility index (Phi) is 5.47. The van der Waals surface area contributed by atoms with Crippen LogP contribution in [0.25, 0.3) is 0 Å². The highest BCUT2D eigenvalue weighted by Gasteiger charge is 2.26. The molecule has 0 saturated carbocycles. The molecule has 0 saturated heterocycles. The van der Waals surface area contributed by atoms with Crippen molar-refractivity contribution < 1.29 is 19.1 Å². The van der Waals surface area contributed by atoms with Crippen molar-refractivity contribution >= 4 is 27.8 Å². The van der Waals surface area contributed by atoms with E-state index in [4.69, 9.17) is 5.11 Å². The Morgan fingerprint density at radius 3 is 2.63 bits per heavy atom. The Labute approximate surface area is 119 Å². The van der Waals surface area contributed by atoms with Gasteiger partial charge < -0.3 is 10.4 Å². The zero-order valence-corrected chi connectivity index (χ0v) is 12.2. The van der Waals surface area contributed by atoms with Crippen molar-refractivity contribution in [2.75, 3.05) is 0 Å². The molecule has 0 heterocycles. The number of amides is 1. The first kappa shape index (κ1) is 15.6. The molecule has 0 aromatic heterocycles. The van der Waals surface area contributed by atoms with Crippen LogP contribution in [0.2, 0.25) is 0 Å². The van der Waals surface area contributed by atoms with Crippen molar-refractivity contribution in [3.05, 3.63) is 34.1 Å². The lowest BCUT2D eigenvalue weighted by molar-refractivity contribution is -0.140. The number of carboxylic acid groups (broad SMARTS) is 1. The van der Waals surface area contributed by atoms with Crippen LogP contribution in [0, 0.1) is 11.7 Å². The number of hydrogen-bond acceptors (Lipinski definition) is 2. The fraction of sp³-hybridized carbons (Fsp3) is 0.385. The number of halogens is 2. The lowest BCUT2D eigenvalue weighted by atomic mass is 9.99. The minimum atomic E-state index is -1.13. The number of nitrogens with one attached hydrogen (secondary N) is 1. The van der Waals surface area contributed by atoms with E-state index in [-0.39, 0.29) is 16.0 Å². The minimum Gasteiger partial charge on any atom is -0.480 e. The Hall–Kier alpha value is -1.43. The molecule has 104 valence electrons. The summed E-state index contributed by atoms with van der Waals surface area (Å²) in [6.07, 6.45) is 0.595. The molecule has 0 aliphatic rings. The van der Waals surface area contributed by atoms with E-state index in [9.17, 15) is 14.0 Å². The standard InChI is InChI=1S/C13H15BrFNO3/c1-3-7(2)11(13(18)19)16-12(17)8-5-4-6-9(14)10(8)15/h4-7,11H,3H2,1-2H3,(H,16,17)(H,18,19)/t7-,11-/m0/s1. The number of carbonyl (C=O) groups excluding carboxylic acids is 1. The lowest BCUT2D eigenvalue weighted by Gasteiger charge is -2.20. The van der Waals surface area contributed by atoms with Gasteiger partial charge >= 0.3 is 5.97 Å². The van der Waals surface area contributed by atoms with Crippen LogP contribution >= 0.6 is 15.9 Å². The first-order valence-electron chi connectivity index (χ1n) is 5.86. The molecule has 19 heavy (non-hydrogen) atoms. The van der Waals surface area contributed by atoms with Crippen LogP contribution in [0.1, 0.15) is 30.6 Å². The number of aliphatic carboxylic acids is 1. The molecule has 1 aromatic carbocycles. The van der Waals surface area contributed by atoms with Gasteiger partial charge in [-0.05, 0) is 34.0 Å². The van der Waals surface area contributed by atoms with E-state index >= 15 is 0 Å². The van der Waals surface area contributed by atoms with Crippen LogP contribution in [-0.4, -0.2) is 23.0 Å². The third kappa shape index (κ3) is 3.76. The molecule has 0 aliphatic carbocycles. The van der Waals surface area contributed by atoms with Crippen LogP contribution in [0.3, 0.4) is 0 Å². The normalized spacial score (nSPS) is 13.7. The number of carboxylic acids is 1. The van der Waals surface area contributed by atoms with E-state index in [0.717, 1.165) is 0 Å². The Morgan fingerprint density at radius 1 is 1.47 bits per heavy atom. The van der Waals surface area contributed by atoms with Gasteiger partial charge in [0.25, 0.3) is 5.91 Å². The lowest BCUT2D eigenvalue weighted by Crippen LogP contribution is -2.45. The molecule has 0 aliphatic heterocycles. The number of hydrogen-bond donors (Lipinski definition) is 2.